The molecule has 0 spiro atoms. The topological polar surface area (TPSA) is 38.3 Å². The quantitative estimate of drug-likeness (QED) is 0.866. The molecular weight excluding hydrogens is 310 g/mol. The first-order chi connectivity index (χ1) is 11.0. The van der Waals surface area contributed by atoms with Crippen LogP contribution in [0.15, 0.2) is 42.5 Å². The maximum atomic E-state index is 12.1. The molecule has 0 aliphatic carbocycles. The number of carbonyl (C=O) groups is 1. The molecule has 0 fully saturated rings. The van der Waals surface area contributed by atoms with Crippen molar-refractivity contribution in [2.24, 2.45) is 0 Å². The average molecular weight is 332 g/mol. The van der Waals surface area contributed by atoms with Crippen LogP contribution < -0.4 is 10.1 Å². The Morgan fingerprint density at radius 3 is 2.61 bits per heavy atom. The Hall–Kier alpha value is -2.00. The lowest BCUT2D eigenvalue weighted by atomic mass is 10.1. The van der Waals surface area contributed by atoms with Gasteiger partial charge in [0.05, 0.1) is 12.5 Å². The molecule has 0 saturated carbocycles. The van der Waals surface area contributed by atoms with Crippen LogP contribution in [-0.4, -0.2) is 18.6 Å². The second-order valence-electron chi connectivity index (χ2n) is 5.79. The van der Waals surface area contributed by atoms with Crippen LogP contribution in [0.2, 0.25) is 5.02 Å². The highest BCUT2D eigenvalue weighted by Crippen LogP contribution is 2.17. The molecule has 23 heavy (non-hydrogen) atoms. The minimum atomic E-state index is -0.0772. The van der Waals surface area contributed by atoms with Crippen molar-refractivity contribution in [1.82, 2.24) is 5.32 Å². The fourth-order valence-electron chi connectivity index (χ4n) is 2.21. The summed E-state index contributed by atoms with van der Waals surface area (Å²) in [5.41, 5.74) is 3.25. The van der Waals surface area contributed by atoms with Gasteiger partial charge in [-0.15, -0.1) is 0 Å². The van der Waals surface area contributed by atoms with Gasteiger partial charge in [-0.2, -0.15) is 0 Å². The maximum absolute atomic E-state index is 12.1. The first kappa shape index (κ1) is 17.4. The number of aryl methyl sites for hydroxylation is 2. The van der Waals surface area contributed by atoms with E-state index in [1.54, 1.807) is 6.07 Å². The molecular formula is C19H22ClNO2. The molecule has 0 aliphatic rings. The number of amides is 1. The number of halogens is 1. The van der Waals surface area contributed by atoms with Gasteiger partial charge in [-0.1, -0.05) is 35.9 Å². The van der Waals surface area contributed by atoms with E-state index >= 15 is 0 Å². The summed E-state index contributed by atoms with van der Waals surface area (Å²) in [6, 6.07) is 13.3. The van der Waals surface area contributed by atoms with E-state index in [0.717, 1.165) is 11.3 Å². The van der Waals surface area contributed by atoms with Crippen LogP contribution >= 0.6 is 11.6 Å². The summed E-state index contributed by atoms with van der Waals surface area (Å²) in [5, 5.41) is 3.54. The Bertz CT molecular complexity index is 685. The van der Waals surface area contributed by atoms with Crippen molar-refractivity contribution in [1.29, 1.82) is 0 Å². The molecule has 2 rings (SSSR count). The molecule has 0 aliphatic heterocycles. The van der Waals surface area contributed by atoms with Gasteiger partial charge in [0.15, 0.2) is 0 Å². The molecule has 0 saturated heterocycles. The van der Waals surface area contributed by atoms with Crippen molar-refractivity contribution >= 4 is 17.5 Å². The standard InChI is InChI=1S/C19H22ClNO2/c1-13-8-9-17(10-14(13)2)23-12-15(3)21-19(22)11-16-6-4-5-7-18(16)20/h4-10,15H,11-12H2,1-3H3,(H,21,22). The summed E-state index contributed by atoms with van der Waals surface area (Å²) in [6.45, 7) is 6.47. The van der Waals surface area contributed by atoms with Crippen LogP contribution in [0, 0.1) is 13.8 Å². The normalized spacial score (nSPS) is 11.8. The Kier molecular flexibility index (Phi) is 6.05. The van der Waals surface area contributed by atoms with Gasteiger partial charge in [0.1, 0.15) is 12.4 Å². The van der Waals surface area contributed by atoms with Crippen molar-refractivity contribution in [3.8, 4) is 5.75 Å². The summed E-state index contributed by atoms with van der Waals surface area (Å²) < 4.78 is 5.74. The zero-order chi connectivity index (χ0) is 16.8. The first-order valence-corrected chi connectivity index (χ1v) is 8.06. The predicted octanol–water partition coefficient (Wildman–Crippen LogP) is 4.08. The van der Waals surface area contributed by atoms with E-state index in [1.165, 1.54) is 11.1 Å². The van der Waals surface area contributed by atoms with Gasteiger partial charge in [-0.05, 0) is 55.7 Å². The number of benzene rings is 2. The largest absolute Gasteiger partial charge is 0.491 e. The van der Waals surface area contributed by atoms with E-state index in [1.807, 2.05) is 43.3 Å². The van der Waals surface area contributed by atoms with Crippen molar-refractivity contribution in [2.45, 2.75) is 33.2 Å². The van der Waals surface area contributed by atoms with Crippen molar-refractivity contribution in [3.63, 3.8) is 0 Å². The molecule has 4 heteroatoms. The Morgan fingerprint density at radius 2 is 1.91 bits per heavy atom. The Labute approximate surface area is 142 Å². The van der Waals surface area contributed by atoms with Crippen LogP contribution in [-0.2, 0) is 11.2 Å². The molecule has 2 aromatic rings. The minimum absolute atomic E-state index is 0.0608. The monoisotopic (exact) mass is 331 g/mol. The van der Waals surface area contributed by atoms with Crippen LogP contribution in [0.4, 0.5) is 0 Å². The van der Waals surface area contributed by atoms with E-state index in [0.29, 0.717) is 11.6 Å². The zero-order valence-corrected chi connectivity index (χ0v) is 14.5. The van der Waals surface area contributed by atoms with Crippen LogP contribution in [0.1, 0.15) is 23.6 Å². The molecule has 0 radical (unpaired) electrons. The smallest absolute Gasteiger partial charge is 0.224 e. The van der Waals surface area contributed by atoms with Crippen molar-refractivity contribution in [2.75, 3.05) is 6.61 Å². The van der Waals surface area contributed by atoms with Crippen LogP contribution in [0.25, 0.3) is 0 Å². The molecule has 1 atom stereocenters. The highest BCUT2D eigenvalue weighted by atomic mass is 35.5. The number of nitrogens with one attached hydrogen (secondary N) is 1. The summed E-state index contributed by atoms with van der Waals surface area (Å²) in [5.74, 6) is 0.759. The Balaban J connectivity index is 1.82. The number of hydrogen-bond acceptors (Lipinski definition) is 2. The second kappa shape index (κ2) is 8.02. The average Bonchev–Trinajstić information content (AvgIpc) is 2.51. The van der Waals surface area contributed by atoms with Gasteiger partial charge in [0.25, 0.3) is 0 Å². The highest BCUT2D eigenvalue weighted by Gasteiger charge is 2.10. The molecule has 1 N–H and O–H groups in total. The predicted molar refractivity (Wildman–Crippen MR) is 94.2 cm³/mol. The number of carbonyl (C=O) groups excluding carboxylic acids is 1. The molecule has 1 unspecified atom stereocenters. The lowest BCUT2D eigenvalue weighted by molar-refractivity contribution is -0.121. The van der Waals surface area contributed by atoms with Gasteiger partial charge in [0, 0.05) is 5.02 Å². The zero-order valence-electron chi connectivity index (χ0n) is 13.7. The number of hydrogen-bond donors (Lipinski definition) is 1. The fraction of sp³-hybridized carbons (Fsp3) is 0.316. The van der Waals surface area contributed by atoms with E-state index in [4.69, 9.17) is 16.3 Å². The summed E-state index contributed by atoms with van der Waals surface area (Å²) >= 11 is 6.07. The molecule has 122 valence electrons. The fourth-order valence-corrected chi connectivity index (χ4v) is 2.41. The van der Waals surface area contributed by atoms with Gasteiger partial charge < -0.3 is 10.1 Å². The van der Waals surface area contributed by atoms with Gasteiger partial charge in [-0.25, -0.2) is 0 Å². The highest BCUT2D eigenvalue weighted by molar-refractivity contribution is 6.31. The number of ether oxygens (including phenoxy) is 1. The Morgan fingerprint density at radius 1 is 1.17 bits per heavy atom. The molecule has 0 bridgehead atoms. The maximum Gasteiger partial charge on any atom is 0.224 e. The summed E-state index contributed by atoms with van der Waals surface area (Å²) in [4.78, 5) is 12.1. The summed E-state index contributed by atoms with van der Waals surface area (Å²) in [6.07, 6.45) is 0.271. The van der Waals surface area contributed by atoms with E-state index in [-0.39, 0.29) is 18.4 Å². The van der Waals surface area contributed by atoms with E-state index < -0.39 is 0 Å². The molecule has 1 amide bonds. The summed E-state index contributed by atoms with van der Waals surface area (Å²) in [7, 11) is 0. The molecule has 0 heterocycles. The molecule has 2 aromatic carbocycles. The van der Waals surface area contributed by atoms with Gasteiger partial charge >= 0.3 is 0 Å². The number of rotatable bonds is 6. The van der Waals surface area contributed by atoms with E-state index in [9.17, 15) is 4.79 Å². The third-order valence-corrected chi connectivity index (χ3v) is 4.06. The second-order valence-corrected chi connectivity index (χ2v) is 6.20. The van der Waals surface area contributed by atoms with Crippen LogP contribution in [0.5, 0.6) is 5.75 Å². The molecule has 0 aromatic heterocycles. The lowest BCUT2D eigenvalue weighted by Gasteiger charge is -2.16. The third kappa shape index (κ3) is 5.29. The van der Waals surface area contributed by atoms with E-state index in [2.05, 4.69) is 19.2 Å². The van der Waals surface area contributed by atoms with Crippen LogP contribution in [0.3, 0.4) is 0 Å². The molecule has 3 nitrogen and oxygen atoms in total. The van der Waals surface area contributed by atoms with Gasteiger partial charge in [0.2, 0.25) is 5.91 Å². The minimum Gasteiger partial charge on any atom is -0.491 e. The van der Waals surface area contributed by atoms with Gasteiger partial charge in [-0.3, -0.25) is 4.79 Å². The van der Waals surface area contributed by atoms with Crippen molar-refractivity contribution in [3.05, 3.63) is 64.2 Å². The first-order valence-electron chi connectivity index (χ1n) is 7.68. The SMILES string of the molecule is Cc1ccc(OCC(C)NC(=O)Cc2ccccc2Cl)cc1C. The lowest BCUT2D eigenvalue weighted by Crippen LogP contribution is -2.37. The third-order valence-electron chi connectivity index (χ3n) is 3.69. The van der Waals surface area contributed by atoms with Crippen molar-refractivity contribution < 1.29 is 9.53 Å².